The molecular weight excluding hydrogens is 317 g/mol. The van der Waals surface area contributed by atoms with Crippen molar-refractivity contribution in [1.82, 2.24) is 10.3 Å². The molecule has 2 amide bonds. The second kappa shape index (κ2) is 6.36. The van der Waals surface area contributed by atoms with E-state index < -0.39 is 34.5 Å². The van der Waals surface area contributed by atoms with Gasteiger partial charge in [-0.25, -0.2) is 9.37 Å². The van der Waals surface area contributed by atoms with Gasteiger partial charge in [-0.3, -0.25) is 19.1 Å². The summed E-state index contributed by atoms with van der Waals surface area (Å²) in [6.45, 7) is -0.417. The number of nitrogens with zero attached hydrogens (tertiary/aromatic N) is 1. The van der Waals surface area contributed by atoms with Crippen molar-refractivity contribution in [3.63, 3.8) is 0 Å². The third-order valence-corrected chi connectivity index (χ3v) is 3.46. The third-order valence-electron chi connectivity index (χ3n) is 2.91. The van der Waals surface area contributed by atoms with Crippen LogP contribution in [0.25, 0.3) is 0 Å². The van der Waals surface area contributed by atoms with Gasteiger partial charge in [0.1, 0.15) is 17.7 Å². The van der Waals surface area contributed by atoms with Crippen LogP contribution in [0.15, 0.2) is 12.3 Å². The van der Waals surface area contributed by atoms with E-state index in [1.807, 2.05) is 0 Å². The zero-order valence-corrected chi connectivity index (χ0v) is 12.4. The van der Waals surface area contributed by atoms with Crippen molar-refractivity contribution in [2.45, 2.75) is 25.5 Å². The molecule has 0 saturated carbocycles. The van der Waals surface area contributed by atoms with Gasteiger partial charge in [0.05, 0.1) is 19.1 Å². The Morgan fingerprint density at radius 2 is 2.23 bits per heavy atom. The van der Waals surface area contributed by atoms with Crippen molar-refractivity contribution >= 4 is 27.8 Å². The van der Waals surface area contributed by atoms with Crippen molar-refractivity contribution < 1.29 is 26.6 Å². The molecule has 120 valence electrons. The van der Waals surface area contributed by atoms with Crippen molar-refractivity contribution in [2.24, 2.45) is 0 Å². The molecule has 22 heavy (non-hydrogen) atoms. The van der Waals surface area contributed by atoms with E-state index in [1.165, 1.54) is 0 Å². The Hall–Kier alpha value is -2.07. The molecule has 1 unspecified atom stereocenters. The molecule has 1 aromatic rings. The molecule has 1 atom stereocenters. The fourth-order valence-electron chi connectivity index (χ4n) is 1.89. The monoisotopic (exact) mass is 331 g/mol. The molecule has 2 N–H and O–H groups in total. The second-order valence-corrected chi connectivity index (χ2v) is 6.42. The molecule has 1 aliphatic rings. The normalized spacial score (nSPS) is 18.9. The maximum absolute atomic E-state index is 13.3. The van der Waals surface area contributed by atoms with Crippen LogP contribution in [0.4, 0.5) is 10.2 Å². The number of hydrogen-bond acceptors (Lipinski definition) is 7. The summed E-state index contributed by atoms with van der Waals surface area (Å²) in [4.78, 5) is 26.6. The van der Waals surface area contributed by atoms with Crippen LogP contribution in [-0.4, -0.2) is 37.5 Å². The third kappa shape index (κ3) is 4.46. The zero-order valence-electron chi connectivity index (χ0n) is 11.6. The van der Waals surface area contributed by atoms with Gasteiger partial charge in [0.2, 0.25) is 11.8 Å². The lowest BCUT2D eigenvalue weighted by Gasteiger charge is -2.23. The maximum Gasteiger partial charge on any atom is 0.264 e. The van der Waals surface area contributed by atoms with E-state index in [2.05, 4.69) is 19.8 Å². The number of piperidine rings is 1. The summed E-state index contributed by atoms with van der Waals surface area (Å²) in [6.07, 6.45) is 2.22. The Bertz CT molecular complexity index is 707. The Balaban J connectivity index is 2.16. The molecule has 8 nitrogen and oxygen atoms in total. The smallest absolute Gasteiger partial charge is 0.264 e. The number of carbonyl (C=O) groups is 2. The molecular formula is C12H14FN3O5S. The van der Waals surface area contributed by atoms with Crippen molar-refractivity contribution in [1.29, 1.82) is 0 Å². The molecule has 0 aliphatic carbocycles. The van der Waals surface area contributed by atoms with Crippen molar-refractivity contribution in [2.75, 3.05) is 11.6 Å². The molecule has 2 rings (SSSR count). The summed E-state index contributed by atoms with van der Waals surface area (Å²) >= 11 is 0. The highest BCUT2D eigenvalue weighted by atomic mass is 32.2. The summed E-state index contributed by atoms with van der Waals surface area (Å²) in [6, 6.07) is 0.347. The first-order chi connectivity index (χ1) is 10.2. The average Bonchev–Trinajstić information content (AvgIpc) is 2.41. The van der Waals surface area contributed by atoms with Gasteiger partial charge in [-0.05, 0) is 12.5 Å². The first-order valence-electron chi connectivity index (χ1n) is 6.33. The summed E-state index contributed by atoms with van der Waals surface area (Å²) in [5.41, 5.74) is 0.148. The minimum Gasteiger partial charge on any atom is -0.358 e. The minimum absolute atomic E-state index is 0.125. The van der Waals surface area contributed by atoms with E-state index in [9.17, 15) is 22.4 Å². The highest BCUT2D eigenvalue weighted by Gasteiger charge is 2.27. The largest absolute Gasteiger partial charge is 0.358 e. The highest BCUT2D eigenvalue weighted by Crippen LogP contribution is 2.19. The molecule has 1 aromatic heterocycles. The SMILES string of the molecule is CS(=O)(=O)OCc1cc(F)cnc1NC1CCC(=O)NC1=O. The standard InChI is InChI=1S/C12H14FN3O5S/c1-22(19,20)21-6-7-4-8(13)5-14-11(7)15-9-2-3-10(17)16-12(9)18/h4-5,9H,2-3,6H2,1H3,(H,14,15)(H,16,17,18). The maximum atomic E-state index is 13.3. The lowest BCUT2D eigenvalue weighted by molar-refractivity contribution is -0.133. The fourth-order valence-corrected chi connectivity index (χ4v) is 2.23. The number of hydrogen-bond donors (Lipinski definition) is 2. The van der Waals surface area contributed by atoms with E-state index in [-0.39, 0.29) is 30.1 Å². The van der Waals surface area contributed by atoms with E-state index in [0.717, 1.165) is 18.5 Å². The quantitative estimate of drug-likeness (QED) is 0.572. The molecule has 0 spiro atoms. The molecule has 0 bridgehead atoms. The van der Waals surface area contributed by atoms with Gasteiger partial charge >= 0.3 is 0 Å². The first kappa shape index (κ1) is 16.3. The topological polar surface area (TPSA) is 114 Å². The number of imide groups is 1. The van der Waals surface area contributed by atoms with Crippen LogP contribution in [0.1, 0.15) is 18.4 Å². The average molecular weight is 331 g/mol. The Labute approximate surface area is 126 Å². The number of carbonyl (C=O) groups excluding carboxylic acids is 2. The Kier molecular flexibility index (Phi) is 4.71. The van der Waals surface area contributed by atoms with Gasteiger partial charge in [0, 0.05) is 12.0 Å². The van der Waals surface area contributed by atoms with Crippen LogP contribution in [0.3, 0.4) is 0 Å². The van der Waals surface area contributed by atoms with Crippen LogP contribution >= 0.6 is 0 Å². The van der Waals surface area contributed by atoms with Gasteiger partial charge in [-0.2, -0.15) is 8.42 Å². The van der Waals surface area contributed by atoms with Gasteiger partial charge in [0.15, 0.2) is 0 Å². The molecule has 0 aromatic carbocycles. The Morgan fingerprint density at radius 1 is 1.50 bits per heavy atom. The van der Waals surface area contributed by atoms with Gasteiger partial charge < -0.3 is 5.32 Å². The highest BCUT2D eigenvalue weighted by molar-refractivity contribution is 7.85. The first-order valence-corrected chi connectivity index (χ1v) is 8.15. The number of anilines is 1. The van der Waals surface area contributed by atoms with E-state index >= 15 is 0 Å². The van der Waals surface area contributed by atoms with E-state index in [1.54, 1.807) is 0 Å². The molecule has 1 saturated heterocycles. The number of rotatable bonds is 5. The molecule has 10 heteroatoms. The number of pyridine rings is 1. The fraction of sp³-hybridized carbons (Fsp3) is 0.417. The van der Waals surface area contributed by atoms with Crippen molar-refractivity contribution in [3.8, 4) is 0 Å². The predicted molar refractivity (Wildman–Crippen MR) is 73.6 cm³/mol. The van der Waals surface area contributed by atoms with Gasteiger partial charge in [-0.15, -0.1) is 0 Å². The van der Waals surface area contributed by atoms with Crippen LogP contribution in [0.2, 0.25) is 0 Å². The van der Waals surface area contributed by atoms with Crippen LogP contribution in [0.5, 0.6) is 0 Å². The number of amides is 2. The number of aromatic nitrogens is 1. The van der Waals surface area contributed by atoms with Crippen molar-refractivity contribution in [3.05, 3.63) is 23.6 Å². The van der Waals surface area contributed by atoms with Gasteiger partial charge in [-0.1, -0.05) is 0 Å². The van der Waals surface area contributed by atoms with Crippen LogP contribution in [0, 0.1) is 5.82 Å². The van der Waals surface area contributed by atoms with E-state index in [0.29, 0.717) is 0 Å². The Morgan fingerprint density at radius 3 is 2.86 bits per heavy atom. The molecule has 2 heterocycles. The summed E-state index contributed by atoms with van der Waals surface area (Å²) < 4.78 is 39.9. The van der Waals surface area contributed by atoms with E-state index in [4.69, 9.17) is 0 Å². The van der Waals surface area contributed by atoms with Crippen LogP contribution < -0.4 is 10.6 Å². The minimum atomic E-state index is -3.71. The summed E-state index contributed by atoms with van der Waals surface area (Å²) in [5, 5.41) is 4.93. The lowest BCUT2D eigenvalue weighted by atomic mass is 10.1. The summed E-state index contributed by atoms with van der Waals surface area (Å²) in [7, 11) is -3.71. The summed E-state index contributed by atoms with van der Waals surface area (Å²) in [5.74, 6) is -1.42. The molecule has 0 radical (unpaired) electrons. The number of nitrogens with one attached hydrogen (secondary N) is 2. The lowest BCUT2D eigenvalue weighted by Crippen LogP contribution is -2.47. The second-order valence-electron chi connectivity index (χ2n) is 4.78. The number of halogens is 1. The zero-order chi connectivity index (χ0) is 16.3. The molecule has 1 fully saturated rings. The van der Waals surface area contributed by atoms with Gasteiger partial charge in [0.25, 0.3) is 10.1 Å². The molecule has 1 aliphatic heterocycles. The predicted octanol–water partition coefficient (Wildman–Crippen LogP) is -0.0860. The van der Waals surface area contributed by atoms with Crippen LogP contribution in [-0.2, 0) is 30.5 Å².